The molecule has 102 valence electrons. The number of aromatic nitrogens is 2. The smallest absolute Gasteiger partial charge is 0.137 e. The van der Waals surface area contributed by atoms with Crippen molar-refractivity contribution >= 4 is 17.4 Å². The molecule has 0 radical (unpaired) electrons. The number of unbranched alkanes of at least 4 members (excludes halogenated alkanes) is 1. The Labute approximate surface area is 115 Å². The number of halogens is 1. The Hall–Kier alpha value is -0.830. The molecule has 1 heterocycles. The summed E-state index contributed by atoms with van der Waals surface area (Å²) in [4.78, 5) is 8.31. The Morgan fingerprint density at radius 2 is 2.06 bits per heavy atom. The van der Waals surface area contributed by atoms with Gasteiger partial charge in [-0.1, -0.05) is 51.6 Å². The van der Waals surface area contributed by atoms with Crippen molar-refractivity contribution in [2.24, 2.45) is 5.92 Å². The van der Waals surface area contributed by atoms with E-state index in [1.807, 2.05) is 0 Å². The van der Waals surface area contributed by atoms with Crippen LogP contribution in [0.25, 0.3) is 0 Å². The Morgan fingerprint density at radius 1 is 1.28 bits per heavy atom. The highest BCUT2D eigenvalue weighted by Crippen LogP contribution is 2.21. The van der Waals surface area contributed by atoms with Crippen molar-refractivity contribution in [1.29, 1.82) is 0 Å². The lowest BCUT2D eigenvalue weighted by atomic mass is 9.99. The number of nitrogens with zero attached hydrogens (tertiary/aromatic N) is 2. The van der Waals surface area contributed by atoms with Crippen molar-refractivity contribution in [2.45, 2.75) is 52.9 Å². The predicted molar refractivity (Wildman–Crippen MR) is 78.2 cm³/mol. The molecule has 0 saturated carbocycles. The molecule has 0 spiro atoms. The maximum atomic E-state index is 6.07. The van der Waals surface area contributed by atoms with Crippen LogP contribution in [0.3, 0.4) is 0 Å². The van der Waals surface area contributed by atoms with Gasteiger partial charge in [-0.3, -0.25) is 0 Å². The third-order valence-corrected chi connectivity index (χ3v) is 3.67. The van der Waals surface area contributed by atoms with E-state index in [0.717, 1.165) is 24.3 Å². The van der Waals surface area contributed by atoms with Crippen LogP contribution in [0.5, 0.6) is 0 Å². The number of anilines is 1. The third kappa shape index (κ3) is 4.45. The molecule has 0 aliphatic carbocycles. The van der Waals surface area contributed by atoms with Crippen LogP contribution in [0.4, 0.5) is 5.82 Å². The average molecular weight is 270 g/mol. The van der Waals surface area contributed by atoms with Crippen molar-refractivity contribution in [2.75, 3.05) is 11.9 Å². The molecule has 0 saturated heterocycles. The summed E-state index contributed by atoms with van der Waals surface area (Å²) in [6.45, 7) is 7.52. The van der Waals surface area contributed by atoms with Crippen molar-refractivity contribution < 1.29 is 0 Å². The van der Waals surface area contributed by atoms with Gasteiger partial charge in [-0.15, -0.1) is 0 Å². The van der Waals surface area contributed by atoms with Gasteiger partial charge in [0.2, 0.25) is 0 Å². The van der Waals surface area contributed by atoms with Gasteiger partial charge < -0.3 is 5.32 Å². The molecule has 1 N–H and O–H groups in total. The van der Waals surface area contributed by atoms with E-state index in [-0.39, 0.29) is 0 Å². The van der Waals surface area contributed by atoms with Gasteiger partial charge in [0, 0.05) is 12.1 Å². The topological polar surface area (TPSA) is 37.8 Å². The normalized spacial score (nSPS) is 12.4. The van der Waals surface area contributed by atoms with Gasteiger partial charge in [-0.25, -0.2) is 9.97 Å². The van der Waals surface area contributed by atoms with Crippen LogP contribution in [0.15, 0.2) is 6.33 Å². The van der Waals surface area contributed by atoms with E-state index in [4.69, 9.17) is 11.6 Å². The minimum atomic E-state index is 0.566. The molecule has 1 aromatic heterocycles. The standard InChI is InChI=1S/C14H24ClN3/c1-4-7-8-11(5-2)9-16-14-12(6-3)13(15)17-10-18-14/h10-11H,4-9H2,1-3H3,(H,16,17,18). The summed E-state index contributed by atoms with van der Waals surface area (Å²) in [5, 5.41) is 4.00. The fraction of sp³-hybridized carbons (Fsp3) is 0.714. The lowest BCUT2D eigenvalue weighted by Gasteiger charge is -2.17. The van der Waals surface area contributed by atoms with E-state index in [0.29, 0.717) is 11.1 Å². The first-order chi connectivity index (χ1) is 8.72. The van der Waals surface area contributed by atoms with Gasteiger partial charge in [0.05, 0.1) is 0 Å². The molecule has 3 nitrogen and oxygen atoms in total. The molecular formula is C14H24ClN3. The fourth-order valence-electron chi connectivity index (χ4n) is 2.04. The molecule has 0 aliphatic rings. The minimum absolute atomic E-state index is 0.566. The van der Waals surface area contributed by atoms with E-state index < -0.39 is 0 Å². The maximum Gasteiger partial charge on any atom is 0.137 e. The zero-order valence-corrected chi connectivity index (χ0v) is 12.4. The summed E-state index contributed by atoms with van der Waals surface area (Å²) in [7, 11) is 0. The molecule has 18 heavy (non-hydrogen) atoms. The van der Waals surface area contributed by atoms with E-state index in [1.54, 1.807) is 0 Å². The highest BCUT2D eigenvalue weighted by atomic mass is 35.5. The second-order valence-electron chi connectivity index (χ2n) is 4.64. The molecule has 4 heteroatoms. The van der Waals surface area contributed by atoms with Crippen LogP contribution >= 0.6 is 11.6 Å². The Kier molecular flexibility index (Phi) is 7.02. The molecule has 1 atom stereocenters. The van der Waals surface area contributed by atoms with Crippen LogP contribution in [-0.4, -0.2) is 16.5 Å². The first-order valence-corrected chi connectivity index (χ1v) is 7.33. The number of hydrogen-bond donors (Lipinski definition) is 1. The van der Waals surface area contributed by atoms with E-state index in [9.17, 15) is 0 Å². The SMILES string of the molecule is CCCCC(CC)CNc1ncnc(Cl)c1CC. The fourth-order valence-corrected chi connectivity index (χ4v) is 2.31. The monoisotopic (exact) mass is 269 g/mol. The first kappa shape index (κ1) is 15.2. The minimum Gasteiger partial charge on any atom is -0.369 e. The van der Waals surface area contributed by atoms with Crippen LogP contribution in [0, 0.1) is 5.92 Å². The second-order valence-corrected chi connectivity index (χ2v) is 5.00. The van der Waals surface area contributed by atoms with Crippen LogP contribution < -0.4 is 5.32 Å². The van der Waals surface area contributed by atoms with Crippen LogP contribution in [0.2, 0.25) is 5.15 Å². The molecule has 1 unspecified atom stereocenters. The molecular weight excluding hydrogens is 246 g/mol. The summed E-state index contributed by atoms with van der Waals surface area (Å²) in [6.07, 6.45) is 7.42. The average Bonchev–Trinajstić information content (AvgIpc) is 2.39. The van der Waals surface area contributed by atoms with Gasteiger partial charge >= 0.3 is 0 Å². The van der Waals surface area contributed by atoms with E-state index in [2.05, 4.69) is 36.1 Å². The quantitative estimate of drug-likeness (QED) is 0.714. The lowest BCUT2D eigenvalue weighted by Crippen LogP contribution is -2.15. The second kappa shape index (κ2) is 8.30. The number of hydrogen-bond acceptors (Lipinski definition) is 3. The molecule has 0 aromatic carbocycles. The maximum absolute atomic E-state index is 6.07. The summed E-state index contributed by atoms with van der Waals surface area (Å²) in [6, 6.07) is 0. The summed E-state index contributed by atoms with van der Waals surface area (Å²) in [5.74, 6) is 1.61. The van der Waals surface area contributed by atoms with E-state index >= 15 is 0 Å². The largest absolute Gasteiger partial charge is 0.369 e. The molecule has 0 aliphatic heterocycles. The molecule has 0 fully saturated rings. The highest BCUT2D eigenvalue weighted by molar-refractivity contribution is 6.30. The number of nitrogens with one attached hydrogen (secondary N) is 1. The van der Waals surface area contributed by atoms with Crippen LogP contribution in [0.1, 0.15) is 52.0 Å². The van der Waals surface area contributed by atoms with Crippen LogP contribution in [-0.2, 0) is 6.42 Å². The summed E-state index contributed by atoms with van der Waals surface area (Å²) < 4.78 is 0. The molecule has 0 amide bonds. The van der Waals surface area contributed by atoms with Gasteiger partial charge in [0.15, 0.2) is 0 Å². The Bertz CT molecular complexity index is 355. The summed E-state index contributed by atoms with van der Waals surface area (Å²) in [5.41, 5.74) is 1.02. The Morgan fingerprint density at radius 3 is 2.67 bits per heavy atom. The van der Waals surface area contributed by atoms with Gasteiger partial charge in [-0.05, 0) is 18.8 Å². The third-order valence-electron chi connectivity index (χ3n) is 3.35. The van der Waals surface area contributed by atoms with Crippen molar-refractivity contribution in [3.05, 3.63) is 17.0 Å². The Balaban J connectivity index is 2.59. The van der Waals surface area contributed by atoms with Crippen molar-refractivity contribution in [1.82, 2.24) is 9.97 Å². The van der Waals surface area contributed by atoms with Crippen molar-refractivity contribution in [3.8, 4) is 0 Å². The zero-order chi connectivity index (χ0) is 13.4. The van der Waals surface area contributed by atoms with Gasteiger partial charge in [0.1, 0.15) is 17.3 Å². The predicted octanol–water partition coefficient (Wildman–Crippen LogP) is 4.32. The molecule has 1 aromatic rings. The highest BCUT2D eigenvalue weighted by Gasteiger charge is 2.10. The first-order valence-electron chi connectivity index (χ1n) is 6.96. The lowest BCUT2D eigenvalue weighted by molar-refractivity contribution is 0.472. The number of rotatable bonds is 8. The van der Waals surface area contributed by atoms with Crippen molar-refractivity contribution in [3.63, 3.8) is 0 Å². The van der Waals surface area contributed by atoms with E-state index in [1.165, 1.54) is 32.0 Å². The molecule has 0 bridgehead atoms. The zero-order valence-electron chi connectivity index (χ0n) is 11.7. The molecule has 1 rings (SSSR count). The summed E-state index contributed by atoms with van der Waals surface area (Å²) >= 11 is 6.07. The van der Waals surface area contributed by atoms with Gasteiger partial charge in [0.25, 0.3) is 0 Å². The van der Waals surface area contributed by atoms with Gasteiger partial charge in [-0.2, -0.15) is 0 Å².